The molecule has 0 radical (unpaired) electrons. The number of Topliss-reactive ketones (excluding diaryl/α,β-unsaturated/α-hetero) is 2. The molecule has 0 saturated heterocycles. The molecular formula is C22H34F6O8Zr. The van der Waals surface area contributed by atoms with Gasteiger partial charge < -0.3 is 19.8 Å². The van der Waals surface area contributed by atoms with Crippen molar-refractivity contribution in [3.05, 3.63) is 0 Å². The fraction of sp³-hybridized carbons (Fsp3) is 0.818. The molecule has 8 nitrogen and oxygen atoms in total. The number of ketones is 2. The third-order valence-corrected chi connectivity index (χ3v) is 5.92. The standard InChI is InChI=1S/2C7H9F3O3.2C4H9O.Zr/c2*1-2-4(7(8,9)10)5(11)3-6(12)13;2*1-2-3-4-5;/h2*4H,2-3H2,1H3,(H,12,13);2*2-4H2,1H3;/q;;2*-1;+4/p-2. The van der Waals surface area contributed by atoms with Gasteiger partial charge in [-0.25, -0.2) is 0 Å². The average molecular weight is 632 g/mol. The summed E-state index contributed by atoms with van der Waals surface area (Å²) < 4.78 is 82.7. The first kappa shape index (κ1) is 40.2. The van der Waals surface area contributed by atoms with Crippen LogP contribution < -0.4 is 10.2 Å². The van der Waals surface area contributed by atoms with Crippen molar-refractivity contribution in [3.63, 3.8) is 0 Å². The molecule has 0 fully saturated rings. The Labute approximate surface area is 225 Å². The van der Waals surface area contributed by atoms with Crippen LogP contribution >= 0.6 is 0 Å². The van der Waals surface area contributed by atoms with E-state index < -0.39 is 97.5 Å². The van der Waals surface area contributed by atoms with Gasteiger partial charge in [0.25, 0.3) is 0 Å². The SMILES string of the molecule is CCC(C(=O)CC(=O)[O-])C(F)(F)F.CCC(C(=O)CC(=O)[O-])C(F)(F)F.CCCC[O][Zr+2][O]CCCC. The Kier molecular flexibility index (Phi) is 24.6. The number of carboxylic acids is 2. The van der Waals surface area contributed by atoms with E-state index in [2.05, 4.69) is 13.8 Å². The van der Waals surface area contributed by atoms with Gasteiger partial charge in [0.1, 0.15) is 11.8 Å². The van der Waals surface area contributed by atoms with Crippen LogP contribution in [0.1, 0.15) is 79.1 Å². The molecule has 0 spiro atoms. The minimum absolute atomic E-state index is 0.449. The molecular weight excluding hydrogens is 597 g/mol. The zero-order chi connectivity index (χ0) is 29.7. The van der Waals surface area contributed by atoms with Crippen molar-refractivity contribution < 1.29 is 85.5 Å². The van der Waals surface area contributed by atoms with Crippen molar-refractivity contribution in [2.24, 2.45) is 11.8 Å². The van der Waals surface area contributed by atoms with E-state index in [1.54, 1.807) is 0 Å². The van der Waals surface area contributed by atoms with Crippen LogP contribution in [-0.4, -0.2) is 49.1 Å². The van der Waals surface area contributed by atoms with Gasteiger partial charge in [0, 0.05) is 24.8 Å². The van der Waals surface area contributed by atoms with Crippen LogP contribution in [0.25, 0.3) is 0 Å². The number of hydrogen-bond donors (Lipinski definition) is 0. The molecule has 0 aliphatic carbocycles. The Morgan fingerprint density at radius 2 is 0.973 bits per heavy atom. The fourth-order valence-electron chi connectivity index (χ4n) is 2.37. The first-order chi connectivity index (χ1) is 17.0. The summed E-state index contributed by atoms with van der Waals surface area (Å²) in [6.45, 7) is 8.51. The molecule has 15 heteroatoms. The zero-order valence-electron chi connectivity index (χ0n) is 21.3. The predicted octanol–water partition coefficient (Wildman–Crippen LogP) is 3.10. The van der Waals surface area contributed by atoms with Crippen molar-refractivity contribution in [1.29, 1.82) is 0 Å². The van der Waals surface area contributed by atoms with Crippen molar-refractivity contribution in [1.82, 2.24) is 0 Å². The summed E-state index contributed by atoms with van der Waals surface area (Å²) in [6.07, 6.45) is -7.80. The van der Waals surface area contributed by atoms with Gasteiger partial charge in [-0.15, -0.1) is 0 Å². The van der Waals surface area contributed by atoms with E-state index in [0.29, 0.717) is 0 Å². The van der Waals surface area contributed by atoms with Gasteiger partial charge in [-0.2, -0.15) is 26.3 Å². The normalized spacial score (nSPS) is 12.6. The molecule has 37 heavy (non-hydrogen) atoms. The molecule has 216 valence electrons. The molecule has 2 atom stereocenters. The summed E-state index contributed by atoms with van der Waals surface area (Å²) in [7, 11) is 0. The second-order valence-electron chi connectivity index (χ2n) is 7.52. The third-order valence-electron chi connectivity index (χ3n) is 4.34. The van der Waals surface area contributed by atoms with E-state index in [9.17, 15) is 55.7 Å². The summed E-state index contributed by atoms with van der Waals surface area (Å²) in [5.74, 6) is -10.7. The van der Waals surface area contributed by atoms with E-state index in [1.165, 1.54) is 39.5 Å². The van der Waals surface area contributed by atoms with Gasteiger partial charge >= 0.3 is 94.8 Å². The van der Waals surface area contributed by atoms with Crippen molar-refractivity contribution in [2.45, 2.75) is 91.4 Å². The zero-order valence-corrected chi connectivity index (χ0v) is 23.7. The maximum atomic E-state index is 12.0. The molecule has 0 N–H and O–H groups in total. The Balaban J connectivity index is -0.000000471. The summed E-state index contributed by atoms with van der Waals surface area (Å²) in [5.41, 5.74) is 0. The summed E-state index contributed by atoms with van der Waals surface area (Å²) in [5, 5.41) is 19.7. The summed E-state index contributed by atoms with van der Waals surface area (Å²) in [6, 6.07) is 0. The molecule has 0 aromatic heterocycles. The molecule has 0 bridgehead atoms. The Morgan fingerprint density at radius 1 is 0.676 bits per heavy atom. The number of rotatable bonds is 16. The van der Waals surface area contributed by atoms with Gasteiger partial charge in [-0.1, -0.05) is 13.8 Å². The fourth-order valence-corrected chi connectivity index (χ4v) is 3.70. The molecule has 0 aliphatic rings. The van der Waals surface area contributed by atoms with Crippen LogP contribution in [0.3, 0.4) is 0 Å². The van der Waals surface area contributed by atoms with E-state index in [-0.39, 0.29) is 0 Å². The molecule has 0 saturated carbocycles. The molecule has 0 heterocycles. The topological polar surface area (TPSA) is 133 Å². The molecule has 0 aliphatic heterocycles. The van der Waals surface area contributed by atoms with Crippen LogP contribution in [-0.2, 0) is 48.9 Å². The molecule has 0 rings (SSSR count). The Bertz CT molecular complexity index is 602. The summed E-state index contributed by atoms with van der Waals surface area (Å²) >= 11 is -0.876. The number of carbonyl (C=O) groups is 4. The quantitative estimate of drug-likeness (QED) is 0.144. The maximum absolute atomic E-state index is 12.0. The summed E-state index contributed by atoms with van der Waals surface area (Å²) in [4.78, 5) is 41.1. The third kappa shape index (κ3) is 24.7. The van der Waals surface area contributed by atoms with E-state index in [0.717, 1.165) is 13.2 Å². The predicted molar refractivity (Wildman–Crippen MR) is 111 cm³/mol. The number of carbonyl (C=O) groups excluding carboxylic acids is 4. The molecule has 2 unspecified atom stereocenters. The Hall–Kier alpha value is -1.34. The van der Waals surface area contributed by atoms with Crippen LogP contribution in [0.15, 0.2) is 0 Å². The number of aliphatic carboxylic acids is 2. The van der Waals surface area contributed by atoms with Crippen LogP contribution in [0.4, 0.5) is 26.3 Å². The average Bonchev–Trinajstić information content (AvgIpc) is 2.72. The number of carboxylic acid groups (broad SMARTS) is 2. The minimum atomic E-state index is -4.67. The van der Waals surface area contributed by atoms with Gasteiger partial charge in [-0.05, 0) is 12.8 Å². The van der Waals surface area contributed by atoms with E-state index in [1.807, 2.05) is 0 Å². The van der Waals surface area contributed by atoms with Crippen LogP contribution in [0.2, 0.25) is 0 Å². The molecule has 0 aromatic rings. The van der Waals surface area contributed by atoms with Crippen LogP contribution in [0.5, 0.6) is 0 Å². The first-order valence-electron chi connectivity index (χ1n) is 11.6. The monoisotopic (exact) mass is 630 g/mol. The number of hydrogen-bond acceptors (Lipinski definition) is 8. The second-order valence-corrected chi connectivity index (χ2v) is 9.35. The second kappa shape index (κ2) is 22.6. The number of halogens is 6. The van der Waals surface area contributed by atoms with Gasteiger partial charge in [0.15, 0.2) is 11.6 Å². The number of unbranched alkanes of at least 4 members (excludes halogenated alkanes) is 2. The van der Waals surface area contributed by atoms with Crippen molar-refractivity contribution >= 4 is 23.5 Å². The van der Waals surface area contributed by atoms with Crippen molar-refractivity contribution in [3.8, 4) is 0 Å². The molecule has 0 amide bonds. The van der Waals surface area contributed by atoms with Crippen molar-refractivity contribution in [2.75, 3.05) is 13.2 Å². The molecule has 0 aromatic carbocycles. The van der Waals surface area contributed by atoms with Crippen LogP contribution in [0, 0.1) is 11.8 Å². The van der Waals surface area contributed by atoms with E-state index >= 15 is 0 Å². The van der Waals surface area contributed by atoms with Gasteiger partial charge in [-0.3, -0.25) is 9.59 Å². The Morgan fingerprint density at radius 3 is 1.16 bits per heavy atom. The number of alkyl halides is 6. The van der Waals surface area contributed by atoms with Gasteiger partial charge in [0.2, 0.25) is 0 Å². The first-order valence-corrected chi connectivity index (χ1v) is 13.6. The van der Waals surface area contributed by atoms with Gasteiger partial charge in [0.05, 0.1) is 0 Å². The van der Waals surface area contributed by atoms with E-state index in [4.69, 9.17) is 5.63 Å².